The van der Waals surface area contributed by atoms with E-state index in [1.165, 1.54) is 16.9 Å². The van der Waals surface area contributed by atoms with Crippen molar-refractivity contribution in [3.63, 3.8) is 0 Å². The summed E-state index contributed by atoms with van der Waals surface area (Å²) in [5.74, 6) is 2.62. The maximum atomic E-state index is 4.66. The number of hydrogen-bond donors (Lipinski definition) is 0. The zero-order chi connectivity index (χ0) is 16.4. The van der Waals surface area contributed by atoms with E-state index in [0.717, 1.165) is 38.6 Å². The average molecular weight is 353 g/mol. The second kappa shape index (κ2) is 6.70. The zero-order valence-corrected chi connectivity index (χ0v) is 14.7. The van der Waals surface area contributed by atoms with Gasteiger partial charge in [-0.3, -0.25) is 4.98 Å². The Morgan fingerprint density at radius 3 is 2.71 bits per heavy atom. The van der Waals surface area contributed by atoms with Crippen molar-refractivity contribution < 1.29 is 0 Å². The highest BCUT2D eigenvalue weighted by Gasteiger charge is 2.13. The van der Waals surface area contributed by atoms with Gasteiger partial charge in [0.15, 0.2) is 5.82 Å². The van der Waals surface area contributed by atoms with Gasteiger partial charge in [-0.25, -0.2) is 0 Å². The van der Waals surface area contributed by atoms with E-state index in [1.807, 2.05) is 47.6 Å². The number of aryl methyl sites for hydroxylation is 1. The predicted octanol–water partition coefficient (Wildman–Crippen LogP) is 3.99. The maximum Gasteiger partial charge on any atom is 0.235 e. The Labute approximate surface area is 147 Å². The molecule has 0 aliphatic rings. The van der Waals surface area contributed by atoms with Gasteiger partial charge < -0.3 is 0 Å². The molecule has 0 bridgehead atoms. The first-order valence-electron chi connectivity index (χ1n) is 7.55. The van der Waals surface area contributed by atoms with E-state index in [4.69, 9.17) is 0 Å². The molecule has 0 N–H and O–H groups in total. The van der Waals surface area contributed by atoms with Gasteiger partial charge in [0.2, 0.25) is 4.96 Å². The molecule has 1 aromatic carbocycles. The number of thioether (sulfide) groups is 1. The summed E-state index contributed by atoms with van der Waals surface area (Å²) in [4.78, 5) is 5.15. The highest BCUT2D eigenvalue weighted by molar-refractivity contribution is 7.97. The second-order valence-corrected chi connectivity index (χ2v) is 7.33. The normalized spacial score (nSPS) is 11.2. The van der Waals surface area contributed by atoms with E-state index in [0.29, 0.717) is 0 Å². The minimum atomic E-state index is 0.783. The summed E-state index contributed by atoms with van der Waals surface area (Å²) < 4.78 is 1.85. The lowest BCUT2D eigenvalue weighted by Crippen LogP contribution is -1.94. The van der Waals surface area contributed by atoms with Crippen LogP contribution in [0.5, 0.6) is 0 Å². The van der Waals surface area contributed by atoms with Crippen molar-refractivity contribution in [2.24, 2.45) is 0 Å². The molecule has 0 fully saturated rings. The van der Waals surface area contributed by atoms with Gasteiger partial charge >= 0.3 is 0 Å². The van der Waals surface area contributed by atoms with Crippen LogP contribution in [0.3, 0.4) is 0 Å². The summed E-state index contributed by atoms with van der Waals surface area (Å²) in [5.41, 5.74) is 3.33. The van der Waals surface area contributed by atoms with E-state index in [-0.39, 0.29) is 0 Å². The van der Waals surface area contributed by atoms with Crippen LogP contribution in [-0.2, 0) is 11.5 Å². The molecule has 4 aromatic rings. The summed E-state index contributed by atoms with van der Waals surface area (Å²) in [5, 5.41) is 14.1. The molecule has 0 atom stereocenters. The fraction of sp³-hybridized carbons (Fsp3) is 0.176. The summed E-state index contributed by atoms with van der Waals surface area (Å²) >= 11 is 3.35. The Morgan fingerprint density at radius 1 is 1.04 bits per heavy atom. The molecule has 0 spiro atoms. The zero-order valence-electron chi connectivity index (χ0n) is 13.1. The Balaban J connectivity index is 1.51. The molecule has 0 radical (unpaired) electrons. The summed E-state index contributed by atoms with van der Waals surface area (Å²) in [7, 11) is 0. The SMILES string of the molecule is Cc1ccc(-c2nn3c(CSCc4ccccc4)nnc3s2)cn1. The lowest BCUT2D eigenvalue weighted by Gasteiger charge is -2.00. The van der Waals surface area contributed by atoms with Crippen molar-refractivity contribution in [2.45, 2.75) is 18.4 Å². The highest BCUT2D eigenvalue weighted by atomic mass is 32.2. The van der Waals surface area contributed by atoms with E-state index < -0.39 is 0 Å². The predicted molar refractivity (Wildman–Crippen MR) is 98.1 cm³/mol. The van der Waals surface area contributed by atoms with Gasteiger partial charge in [0, 0.05) is 23.2 Å². The van der Waals surface area contributed by atoms with Gasteiger partial charge in [-0.15, -0.1) is 22.0 Å². The first-order valence-corrected chi connectivity index (χ1v) is 9.52. The Kier molecular flexibility index (Phi) is 4.27. The van der Waals surface area contributed by atoms with Crippen molar-refractivity contribution in [1.82, 2.24) is 24.8 Å². The molecule has 120 valence electrons. The fourth-order valence-corrected chi connectivity index (χ4v) is 4.03. The molecule has 24 heavy (non-hydrogen) atoms. The molecule has 3 aromatic heterocycles. The first-order chi connectivity index (χ1) is 11.8. The summed E-state index contributed by atoms with van der Waals surface area (Å²) in [6.07, 6.45) is 1.85. The topological polar surface area (TPSA) is 56.0 Å². The molecule has 0 aliphatic heterocycles. The number of benzene rings is 1. The summed E-state index contributed by atoms with van der Waals surface area (Å²) in [6.45, 7) is 1.98. The van der Waals surface area contributed by atoms with Gasteiger partial charge in [-0.1, -0.05) is 41.7 Å². The molecule has 0 saturated carbocycles. The van der Waals surface area contributed by atoms with Crippen LogP contribution in [0.25, 0.3) is 15.5 Å². The Morgan fingerprint density at radius 2 is 1.92 bits per heavy atom. The third kappa shape index (κ3) is 3.18. The third-order valence-electron chi connectivity index (χ3n) is 3.56. The average Bonchev–Trinajstić information content (AvgIpc) is 3.18. The number of fused-ring (bicyclic) bond motifs is 1. The minimum absolute atomic E-state index is 0.783. The van der Waals surface area contributed by atoms with Crippen LogP contribution >= 0.6 is 23.1 Å². The van der Waals surface area contributed by atoms with E-state index in [2.05, 4.69) is 44.5 Å². The van der Waals surface area contributed by atoms with Crippen molar-refractivity contribution in [1.29, 1.82) is 0 Å². The molecule has 0 saturated heterocycles. The van der Waals surface area contributed by atoms with Crippen LogP contribution < -0.4 is 0 Å². The molecule has 0 aliphatic carbocycles. The Hall–Kier alpha value is -2.25. The smallest absolute Gasteiger partial charge is 0.235 e. The van der Waals surface area contributed by atoms with Gasteiger partial charge in [0.1, 0.15) is 5.01 Å². The van der Waals surface area contributed by atoms with Gasteiger partial charge in [0.05, 0.1) is 5.75 Å². The minimum Gasteiger partial charge on any atom is -0.261 e. The third-order valence-corrected chi connectivity index (χ3v) is 5.50. The standard InChI is InChI=1S/C17H15N5S2/c1-12-7-8-14(9-18-12)16-21-22-15(19-20-17(22)24-16)11-23-10-13-5-3-2-4-6-13/h2-9H,10-11H2,1H3. The lowest BCUT2D eigenvalue weighted by atomic mass is 10.2. The number of hydrogen-bond acceptors (Lipinski definition) is 6. The summed E-state index contributed by atoms with van der Waals surface area (Å²) in [6, 6.07) is 14.5. The Bertz CT molecular complexity index is 944. The lowest BCUT2D eigenvalue weighted by molar-refractivity contribution is 0.887. The van der Waals surface area contributed by atoms with Crippen LogP contribution in [0.2, 0.25) is 0 Å². The number of rotatable bonds is 5. The van der Waals surface area contributed by atoms with Crippen LogP contribution in [0.1, 0.15) is 17.1 Å². The van der Waals surface area contributed by atoms with Crippen LogP contribution in [0.4, 0.5) is 0 Å². The molecule has 7 heteroatoms. The van der Waals surface area contributed by atoms with Gasteiger partial charge in [-0.05, 0) is 24.6 Å². The van der Waals surface area contributed by atoms with Gasteiger partial charge in [0.25, 0.3) is 0 Å². The molecular formula is C17H15N5S2. The van der Waals surface area contributed by atoms with Crippen LogP contribution in [0, 0.1) is 6.92 Å². The quantitative estimate of drug-likeness (QED) is 0.543. The van der Waals surface area contributed by atoms with Crippen molar-refractivity contribution in [3.05, 3.63) is 65.7 Å². The number of aromatic nitrogens is 5. The van der Waals surface area contributed by atoms with E-state index in [1.54, 1.807) is 0 Å². The van der Waals surface area contributed by atoms with Crippen LogP contribution in [-0.4, -0.2) is 24.8 Å². The fourth-order valence-electron chi connectivity index (χ4n) is 2.29. The molecule has 3 heterocycles. The van der Waals surface area contributed by atoms with Crippen molar-refractivity contribution >= 4 is 28.1 Å². The molecule has 4 rings (SSSR count). The highest BCUT2D eigenvalue weighted by Crippen LogP contribution is 2.26. The van der Waals surface area contributed by atoms with Crippen LogP contribution in [0.15, 0.2) is 48.7 Å². The molecule has 5 nitrogen and oxygen atoms in total. The molecular weight excluding hydrogens is 338 g/mol. The first kappa shape index (κ1) is 15.3. The number of nitrogens with zero attached hydrogens (tertiary/aromatic N) is 5. The molecule has 0 amide bonds. The van der Waals surface area contributed by atoms with Gasteiger partial charge in [-0.2, -0.15) is 9.61 Å². The largest absolute Gasteiger partial charge is 0.261 e. The second-order valence-electron chi connectivity index (χ2n) is 5.38. The van der Waals surface area contributed by atoms with Crippen molar-refractivity contribution in [3.8, 4) is 10.6 Å². The molecule has 0 unspecified atom stereocenters. The maximum absolute atomic E-state index is 4.66. The van der Waals surface area contributed by atoms with E-state index in [9.17, 15) is 0 Å². The van der Waals surface area contributed by atoms with Crippen molar-refractivity contribution in [2.75, 3.05) is 0 Å². The van der Waals surface area contributed by atoms with E-state index >= 15 is 0 Å². The monoisotopic (exact) mass is 353 g/mol. The number of pyridine rings is 1.